The number of benzene rings is 1. The molecular weight excluding hydrogens is 244 g/mol. The summed E-state index contributed by atoms with van der Waals surface area (Å²) in [5.74, 6) is 0.264. The van der Waals surface area contributed by atoms with Crippen LogP contribution in [0, 0.1) is 0 Å². The van der Waals surface area contributed by atoms with Crippen LogP contribution >= 0.6 is 11.3 Å². The van der Waals surface area contributed by atoms with Crippen LogP contribution in [0.4, 0.5) is 0 Å². The Bertz CT molecular complexity index is 672. The molecule has 0 bridgehead atoms. The van der Waals surface area contributed by atoms with E-state index in [1.54, 1.807) is 29.6 Å². The average molecular weight is 254 g/mol. The van der Waals surface area contributed by atoms with E-state index >= 15 is 0 Å². The molecule has 2 heterocycles. The Labute approximate surface area is 108 Å². The van der Waals surface area contributed by atoms with Gasteiger partial charge in [-0.3, -0.25) is 4.79 Å². The van der Waals surface area contributed by atoms with Crippen molar-refractivity contribution < 1.29 is 9.21 Å². The first-order chi connectivity index (χ1) is 8.83. The van der Waals surface area contributed by atoms with Gasteiger partial charge in [0, 0.05) is 5.39 Å². The standard InChI is InChI=1S/C15H10O2S/c16-13(6-5-11-7-8-18-10-11)15-9-12-3-1-2-4-14(12)17-15/h1-10H/b6-5+. The van der Waals surface area contributed by atoms with Gasteiger partial charge < -0.3 is 4.42 Å². The number of thiophene rings is 1. The monoisotopic (exact) mass is 254 g/mol. The minimum Gasteiger partial charge on any atom is -0.453 e. The largest absolute Gasteiger partial charge is 0.453 e. The lowest BCUT2D eigenvalue weighted by atomic mass is 10.2. The molecule has 18 heavy (non-hydrogen) atoms. The van der Waals surface area contributed by atoms with Gasteiger partial charge in [-0.1, -0.05) is 24.3 Å². The summed E-state index contributed by atoms with van der Waals surface area (Å²) in [6.45, 7) is 0. The number of carbonyl (C=O) groups excluding carboxylic acids is 1. The molecule has 88 valence electrons. The molecule has 3 heteroatoms. The van der Waals surface area contributed by atoms with Crippen molar-refractivity contribution in [3.8, 4) is 0 Å². The van der Waals surface area contributed by atoms with Gasteiger partial charge in [-0.15, -0.1) is 0 Å². The Morgan fingerprint density at radius 1 is 1.22 bits per heavy atom. The highest BCUT2D eigenvalue weighted by Crippen LogP contribution is 2.19. The maximum Gasteiger partial charge on any atom is 0.221 e. The van der Waals surface area contributed by atoms with Crippen molar-refractivity contribution in [1.29, 1.82) is 0 Å². The zero-order valence-corrected chi connectivity index (χ0v) is 10.3. The van der Waals surface area contributed by atoms with Crippen molar-refractivity contribution >= 4 is 34.2 Å². The number of carbonyl (C=O) groups is 1. The molecule has 0 aliphatic heterocycles. The molecule has 0 radical (unpaired) electrons. The summed E-state index contributed by atoms with van der Waals surface area (Å²) in [6.07, 6.45) is 3.34. The zero-order chi connectivity index (χ0) is 12.4. The third kappa shape index (κ3) is 2.13. The fourth-order valence-electron chi connectivity index (χ4n) is 1.73. The average Bonchev–Trinajstić information content (AvgIpc) is 3.04. The summed E-state index contributed by atoms with van der Waals surface area (Å²) in [7, 11) is 0. The molecule has 0 saturated heterocycles. The SMILES string of the molecule is O=C(/C=C/c1ccsc1)c1cc2ccccc2o1. The predicted octanol–water partition coefficient (Wildman–Crippen LogP) is 4.39. The van der Waals surface area contributed by atoms with Crippen molar-refractivity contribution in [2.24, 2.45) is 0 Å². The first-order valence-electron chi connectivity index (χ1n) is 5.56. The van der Waals surface area contributed by atoms with E-state index in [0.29, 0.717) is 5.76 Å². The highest BCUT2D eigenvalue weighted by Gasteiger charge is 2.08. The fourth-order valence-corrected chi connectivity index (χ4v) is 2.36. The summed E-state index contributed by atoms with van der Waals surface area (Å²) >= 11 is 1.60. The molecule has 2 nitrogen and oxygen atoms in total. The van der Waals surface area contributed by atoms with Gasteiger partial charge in [0.2, 0.25) is 5.78 Å². The lowest BCUT2D eigenvalue weighted by molar-refractivity contribution is 0.102. The number of furan rings is 1. The number of ketones is 1. The Hall–Kier alpha value is -2.13. The molecule has 0 atom stereocenters. The summed E-state index contributed by atoms with van der Waals surface area (Å²) in [6, 6.07) is 11.3. The summed E-state index contributed by atoms with van der Waals surface area (Å²) in [5, 5.41) is 4.91. The third-order valence-electron chi connectivity index (χ3n) is 2.64. The first kappa shape index (κ1) is 11.0. The first-order valence-corrected chi connectivity index (χ1v) is 6.50. The Balaban J connectivity index is 1.88. The number of hydrogen-bond donors (Lipinski definition) is 0. The number of allylic oxidation sites excluding steroid dienone is 1. The molecular formula is C15H10O2S. The maximum atomic E-state index is 11.9. The highest BCUT2D eigenvalue weighted by molar-refractivity contribution is 7.08. The molecule has 3 aromatic rings. The second-order valence-corrected chi connectivity index (χ2v) is 4.68. The van der Waals surface area contributed by atoms with Gasteiger partial charge in [-0.05, 0) is 40.6 Å². The number of fused-ring (bicyclic) bond motifs is 1. The van der Waals surface area contributed by atoms with Crippen LogP contribution in [0.15, 0.2) is 57.7 Å². The molecule has 0 amide bonds. The molecule has 0 aliphatic rings. The third-order valence-corrected chi connectivity index (χ3v) is 3.34. The van der Waals surface area contributed by atoms with Crippen molar-refractivity contribution in [3.63, 3.8) is 0 Å². The van der Waals surface area contributed by atoms with E-state index in [9.17, 15) is 4.79 Å². The molecule has 0 aliphatic carbocycles. The number of rotatable bonds is 3. The van der Waals surface area contributed by atoms with E-state index in [2.05, 4.69) is 0 Å². The van der Waals surface area contributed by atoms with Crippen LogP contribution in [-0.4, -0.2) is 5.78 Å². The Kier molecular flexibility index (Phi) is 2.82. The van der Waals surface area contributed by atoms with E-state index in [1.807, 2.05) is 41.1 Å². The van der Waals surface area contributed by atoms with Crippen molar-refractivity contribution in [3.05, 3.63) is 64.6 Å². The lowest BCUT2D eigenvalue weighted by Crippen LogP contribution is -1.89. The van der Waals surface area contributed by atoms with Gasteiger partial charge in [0.25, 0.3) is 0 Å². The van der Waals surface area contributed by atoms with Gasteiger partial charge in [0.15, 0.2) is 5.76 Å². The second-order valence-electron chi connectivity index (χ2n) is 3.90. The summed E-state index contributed by atoms with van der Waals surface area (Å²) in [4.78, 5) is 11.9. The van der Waals surface area contributed by atoms with E-state index in [1.165, 1.54) is 0 Å². The number of para-hydroxylation sites is 1. The number of hydrogen-bond acceptors (Lipinski definition) is 3. The van der Waals surface area contributed by atoms with Crippen LogP contribution < -0.4 is 0 Å². The highest BCUT2D eigenvalue weighted by atomic mass is 32.1. The van der Waals surface area contributed by atoms with Crippen LogP contribution in [-0.2, 0) is 0 Å². The molecule has 1 aromatic carbocycles. The van der Waals surface area contributed by atoms with Crippen LogP contribution in [0.5, 0.6) is 0 Å². The Morgan fingerprint density at radius 3 is 2.89 bits per heavy atom. The fraction of sp³-hybridized carbons (Fsp3) is 0. The predicted molar refractivity (Wildman–Crippen MR) is 73.9 cm³/mol. The zero-order valence-electron chi connectivity index (χ0n) is 9.50. The minimum atomic E-state index is -0.114. The molecule has 0 spiro atoms. The van der Waals surface area contributed by atoms with E-state index in [4.69, 9.17) is 4.42 Å². The van der Waals surface area contributed by atoms with Gasteiger partial charge in [0.05, 0.1) is 0 Å². The van der Waals surface area contributed by atoms with Crippen molar-refractivity contribution in [2.45, 2.75) is 0 Å². The van der Waals surface area contributed by atoms with Crippen LogP contribution in [0.2, 0.25) is 0 Å². The second kappa shape index (κ2) is 4.63. The van der Waals surface area contributed by atoms with Crippen molar-refractivity contribution in [2.75, 3.05) is 0 Å². The molecule has 2 aromatic heterocycles. The van der Waals surface area contributed by atoms with Crippen LogP contribution in [0.1, 0.15) is 16.1 Å². The van der Waals surface area contributed by atoms with Gasteiger partial charge >= 0.3 is 0 Å². The smallest absolute Gasteiger partial charge is 0.221 e. The molecule has 3 rings (SSSR count). The molecule has 0 saturated carbocycles. The lowest BCUT2D eigenvalue weighted by Gasteiger charge is -1.87. The van der Waals surface area contributed by atoms with Gasteiger partial charge in [-0.25, -0.2) is 0 Å². The minimum absolute atomic E-state index is 0.114. The summed E-state index contributed by atoms with van der Waals surface area (Å²) < 4.78 is 5.50. The van der Waals surface area contributed by atoms with Crippen LogP contribution in [0.25, 0.3) is 17.0 Å². The van der Waals surface area contributed by atoms with E-state index in [0.717, 1.165) is 16.5 Å². The quantitative estimate of drug-likeness (QED) is 0.512. The Morgan fingerprint density at radius 2 is 2.11 bits per heavy atom. The summed E-state index contributed by atoms with van der Waals surface area (Å²) in [5.41, 5.74) is 1.77. The van der Waals surface area contributed by atoms with E-state index < -0.39 is 0 Å². The molecule has 0 N–H and O–H groups in total. The van der Waals surface area contributed by atoms with E-state index in [-0.39, 0.29) is 5.78 Å². The van der Waals surface area contributed by atoms with Crippen LogP contribution in [0.3, 0.4) is 0 Å². The van der Waals surface area contributed by atoms with Gasteiger partial charge in [0.1, 0.15) is 5.58 Å². The van der Waals surface area contributed by atoms with Crippen molar-refractivity contribution in [1.82, 2.24) is 0 Å². The van der Waals surface area contributed by atoms with Gasteiger partial charge in [-0.2, -0.15) is 11.3 Å². The molecule has 0 fully saturated rings. The molecule has 0 unspecified atom stereocenters. The normalized spacial score (nSPS) is 11.3. The maximum absolute atomic E-state index is 11.9. The topological polar surface area (TPSA) is 30.2 Å².